The van der Waals surface area contributed by atoms with E-state index in [-0.39, 0.29) is 11.7 Å². The lowest BCUT2D eigenvalue weighted by atomic mass is 9.99. The minimum atomic E-state index is -0.272. The van der Waals surface area contributed by atoms with Crippen LogP contribution in [0.4, 0.5) is 0 Å². The first-order chi connectivity index (χ1) is 12.2. The Hall–Kier alpha value is -2.21. The Labute approximate surface area is 152 Å². The van der Waals surface area contributed by atoms with Gasteiger partial charge in [-0.2, -0.15) is 0 Å². The maximum atomic E-state index is 11.5. The molecule has 3 aromatic rings. The van der Waals surface area contributed by atoms with Crippen LogP contribution in [0, 0.1) is 0 Å². The van der Waals surface area contributed by atoms with Gasteiger partial charge < -0.3 is 4.65 Å². The average molecular weight is 349 g/mol. The highest BCUT2D eigenvalue weighted by atomic mass is 32.2. The van der Waals surface area contributed by atoms with Crippen molar-refractivity contribution in [3.8, 4) is 5.69 Å². The lowest BCUT2D eigenvalue weighted by molar-refractivity contribution is -0.131. The summed E-state index contributed by atoms with van der Waals surface area (Å²) in [7, 11) is 3.32. The van der Waals surface area contributed by atoms with Crippen LogP contribution in [0.15, 0.2) is 41.6 Å². The van der Waals surface area contributed by atoms with E-state index in [1.54, 1.807) is 0 Å². The second kappa shape index (κ2) is 6.59. The van der Waals surface area contributed by atoms with Crippen LogP contribution in [-0.2, 0) is 9.45 Å². The van der Waals surface area contributed by atoms with Crippen molar-refractivity contribution in [3.05, 3.63) is 42.0 Å². The molecule has 25 heavy (non-hydrogen) atoms. The molecule has 1 heterocycles. The molecule has 0 spiro atoms. The zero-order valence-corrected chi connectivity index (χ0v) is 15.0. The molecule has 1 fully saturated rings. The normalized spacial score (nSPS) is 13.9. The summed E-state index contributed by atoms with van der Waals surface area (Å²) in [6.45, 7) is 0. The van der Waals surface area contributed by atoms with Gasteiger partial charge in [0.05, 0.1) is 17.2 Å². The van der Waals surface area contributed by atoms with E-state index in [9.17, 15) is 4.79 Å². The number of fused-ring (bicyclic) bond motifs is 1. The minimum absolute atomic E-state index is 0.215. The predicted molar refractivity (Wildman–Crippen MR) is 104 cm³/mol. The SMILES string of the molecule is BOC(=O)CSc1nnc(B)n1-c1ccc(C2CC2)c2ccccc12. The lowest BCUT2D eigenvalue weighted by Crippen LogP contribution is -2.19. The summed E-state index contributed by atoms with van der Waals surface area (Å²) in [6, 6.07) is 12.9. The minimum Gasteiger partial charge on any atom is -0.543 e. The molecule has 0 amide bonds. The van der Waals surface area contributed by atoms with Crippen molar-refractivity contribution < 1.29 is 9.45 Å². The zero-order chi connectivity index (χ0) is 17.4. The number of hydrogen-bond donors (Lipinski definition) is 0. The topological polar surface area (TPSA) is 57.0 Å². The van der Waals surface area contributed by atoms with Crippen molar-refractivity contribution in [2.24, 2.45) is 0 Å². The van der Waals surface area contributed by atoms with E-state index in [2.05, 4.69) is 46.6 Å². The molecule has 0 saturated heterocycles. The van der Waals surface area contributed by atoms with Gasteiger partial charge in [0.1, 0.15) is 0 Å². The molecule has 1 aromatic heterocycles. The van der Waals surface area contributed by atoms with Crippen molar-refractivity contribution in [2.75, 3.05) is 5.75 Å². The Bertz CT molecular complexity index is 956. The number of rotatable bonds is 5. The van der Waals surface area contributed by atoms with Crippen LogP contribution in [0.3, 0.4) is 0 Å². The van der Waals surface area contributed by atoms with Gasteiger partial charge in [-0.25, -0.2) is 0 Å². The molecule has 0 unspecified atom stereocenters. The van der Waals surface area contributed by atoms with Crippen LogP contribution in [0.1, 0.15) is 24.3 Å². The predicted octanol–water partition coefficient (Wildman–Crippen LogP) is 0.740. The largest absolute Gasteiger partial charge is 0.543 e. The fraction of sp³-hybridized carbons (Fsp3) is 0.235. The van der Waals surface area contributed by atoms with E-state index in [1.807, 2.05) is 12.4 Å². The number of benzene rings is 2. The molecule has 5 nitrogen and oxygen atoms in total. The maximum Gasteiger partial charge on any atom is 0.326 e. The number of nitrogens with zero attached hydrogens (tertiary/aromatic N) is 3. The highest BCUT2D eigenvalue weighted by Gasteiger charge is 2.26. The molecule has 8 heteroatoms. The van der Waals surface area contributed by atoms with E-state index in [0.717, 1.165) is 11.4 Å². The zero-order valence-electron chi connectivity index (χ0n) is 14.2. The van der Waals surface area contributed by atoms with E-state index < -0.39 is 0 Å². The van der Waals surface area contributed by atoms with Crippen molar-refractivity contribution in [3.63, 3.8) is 0 Å². The molecule has 2 aromatic carbocycles. The first kappa shape index (κ1) is 16.3. The van der Waals surface area contributed by atoms with Crippen LogP contribution in [0.2, 0.25) is 0 Å². The van der Waals surface area contributed by atoms with E-state index in [4.69, 9.17) is 4.65 Å². The summed E-state index contributed by atoms with van der Waals surface area (Å²) in [6.07, 6.45) is 2.55. The summed E-state index contributed by atoms with van der Waals surface area (Å²) in [5.41, 5.74) is 3.28. The average Bonchev–Trinajstić information content (AvgIpc) is 3.42. The summed E-state index contributed by atoms with van der Waals surface area (Å²) in [5, 5.41) is 11.6. The molecule has 0 bridgehead atoms. The Balaban J connectivity index is 1.81. The third kappa shape index (κ3) is 3.06. The molecule has 124 valence electrons. The van der Waals surface area contributed by atoms with Gasteiger partial charge in [-0.3, -0.25) is 9.36 Å². The molecule has 0 N–H and O–H groups in total. The van der Waals surface area contributed by atoms with E-state index in [1.165, 1.54) is 49.0 Å². The Morgan fingerprint density at radius 3 is 2.68 bits per heavy atom. The van der Waals surface area contributed by atoms with Gasteiger partial charge in [0.25, 0.3) is 5.97 Å². The van der Waals surface area contributed by atoms with Gasteiger partial charge in [0.15, 0.2) is 13.0 Å². The van der Waals surface area contributed by atoms with Crippen LogP contribution >= 0.6 is 11.8 Å². The first-order valence-corrected chi connectivity index (χ1v) is 9.31. The molecule has 0 radical (unpaired) electrons. The number of hydrogen-bond acceptors (Lipinski definition) is 5. The van der Waals surface area contributed by atoms with Gasteiger partial charge in [0.2, 0.25) is 0 Å². The molecule has 0 aliphatic heterocycles. The molecule has 1 aliphatic rings. The second-order valence-electron chi connectivity index (χ2n) is 6.22. The summed E-state index contributed by atoms with van der Waals surface area (Å²) in [5.74, 6) is 0.632. The third-order valence-electron chi connectivity index (χ3n) is 4.53. The van der Waals surface area contributed by atoms with E-state index >= 15 is 0 Å². The fourth-order valence-corrected chi connectivity index (χ4v) is 3.97. The highest BCUT2D eigenvalue weighted by molar-refractivity contribution is 7.99. The van der Waals surface area contributed by atoms with Crippen LogP contribution < -0.4 is 5.72 Å². The van der Waals surface area contributed by atoms with Gasteiger partial charge >= 0.3 is 8.05 Å². The standard InChI is InChI=1S/C17H17B2N3O2S/c18-16-20-21-17(25-9-15(23)24-19)22(16)14-8-7-11(10-5-6-10)12-3-1-2-4-13(12)14/h1-4,7-8,10H,5-6,9,18-19H2. The van der Waals surface area contributed by atoms with Crippen LogP contribution in [0.25, 0.3) is 16.5 Å². The molecular formula is C17H17B2N3O2S. The highest BCUT2D eigenvalue weighted by Crippen LogP contribution is 2.44. The van der Waals surface area contributed by atoms with Crippen molar-refractivity contribution in [2.45, 2.75) is 23.9 Å². The number of carbonyl (C=O) groups excluding carboxylic acids is 1. The number of aromatic nitrogens is 3. The van der Waals surface area contributed by atoms with Gasteiger partial charge in [0, 0.05) is 5.39 Å². The number of thioether (sulfide) groups is 1. The molecule has 0 atom stereocenters. The smallest absolute Gasteiger partial charge is 0.326 e. The molecule has 1 aliphatic carbocycles. The Morgan fingerprint density at radius 1 is 1.20 bits per heavy atom. The Morgan fingerprint density at radius 2 is 1.96 bits per heavy atom. The van der Waals surface area contributed by atoms with Crippen molar-refractivity contribution in [1.29, 1.82) is 0 Å². The lowest BCUT2D eigenvalue weighted by Gasteiger charge is -2.14. The molecule has 1 saturated carbocycles. The quantitative estimate of drug-likeness (QED) is 0.503. The first-order valence-electron chi connectivity index (χ1n) is 8.32. The Kier molecular flexibility index (Phi) is 4.29. The molecular weight excluding hydrogens is 332 g/mol. The monoisotopic (exact) mass is 349 g/mol. The van der Waals surface area contributed by atoms with Gasteiger partial charge in [-0.1, -0.05) is 42.1 Å². The van der Waals surface area contributed by atoms with Gasteiger partial charge in [-0.15, -0.1) is 10.2 Å². The van der Waals surface area contributed by atoms with E-state index in [0.29, 0.717) is 11.1 Å². The van der Waals surface area contributed by atoms with Crippen LogP contribution in [0.5, 0.6) is 0 Å². The fourth-order valence-electron chi connectivity index (χ4n) is 3.15. The van der Waals surface area contributed by atoms with Gasteiger partial charge in [-0.05, 0) is 35.8 Å². The summed E-state index contributed by atoms with van der Waals surface area (Å²) < 4.78 is 6.75. The second-order valence-corrected chi connectivity index (χ2v) is 7.17. The maximum absolute atomic E-state index is 11.5. The summed E-state index contributed by atoms with van der Waals surface area (Å²) in [4.78, 5) is 11.5. The molecule has 4 rings (SSSR count). The van der Waals surface area contributed by atoms with Crippen molar-refractivity contribution >= 4 is 50.1 Å². The summed E-state index contributed by atoms with van der Waals surface area (Å²) >= 11 is 1.34. The van der Waals surface area contributed by atoms with Crippen LogP contribution in [-0.4, -0.2) is 42.4 Å². The van der Waals surface area contributed by atoms with Crippen molar-refractivity contribution in [1.82, 2.24) is 14.8 Å². The number of carbonyl (C=O) groups is 1. The third-order valence-corrected chi connectivity index (χ3v) is 5.44.